The van der Waals surface area contributed by atoms with Gasteiger partial charge < -0.3 is 11.1 Å². The molecule has 0 bridgehead atoms. The van der Waals surface area contributed by atoms with Crippen LogP contribution in [0, 0.1) is 5.92 Å². The van der Waals surface area contributed by atoms with Gasteiger partial charge in [-0.25, -0.2) is 0 Å². The van der Waals surface area contributed by atoms with Crippen molar-refractivity contribution in [3.8, 4) is 0 Å². The van der Waals surface area contributed by atoms with E-state index in [-0.39, 0.29) is 17.4 Å². The predicted molar refractivity (Wildman–Crippen MR) is 76.1 cm³/mol. The van der Waals surface area contributed by atoms with Crippen molar-refractivity contribution in [3.63, 3.8) is 0 Å². The summed E-state index contributed by atoms with van der Waals surface area (Å²) >= 11 is 5.89. The summed E-state index contributed by atoms with van der Waals surface area (Å²) in [5.41, 5.74) is 6.76. The van der Waals surface area contributed by atoms with Crippen LogP contribution < -0.4 is 11.1 Å². The Kier molecular flexibility index (Phi) is 3.27. The maximum atomic E-state index is 12.4. The largest absolute Gasteiger partial charge is 0.354 e. The van der Waals surface area contributed by atoms with E-state index in [1.54, 1.807) is 0 Å². The van der Waals surface area contributed by atoms with Gasteiger partial charge in [0, 0.05) is 17.6 Å². The highest BCUT2D eigenvalue weighted by Crippen LogP contribution is 2.48. The van der Waals surface area contributed by atoms with Crippen LogP contribution in [-0.2, 0) is 10.2 Å². The van der Waals surface area contributed by atoms with Gasteiger partial charge in [-0.15, -0.1) is 0 Å². The zero-order chi connectivity index (χ0) is 13.5. The highest BCUT2D eigenvalue weighted by Gasteiger charge is 2.51. The lowest BCUT2D eigenvalue weighted by Gasteiger charge is -2.18. The van der Waals surface area contributed by atoms with Crippen molar-refractivity contribution < 1.29 is 4.79 Å². The second-order valence-electron chi connectivity index (χ2n) is 5.80. The Labute approximate surface area is 118 Å². The quantitative estimate of drug-likeness (QED) is 0.868. The van der Waals surface area contributed by atoms with Crippen LogP contribution in [0.1, 0.15) is 31.2 Å². The second-order valence-corrected chi connectivity index (χ2v) is 6.24. The number of amides is 1. The molecule has 0 aliphatic heterocycles. The van der Waals surface area contributed by atoms with Crippen LogP contribution in [0.15, 0.2) is 24.3 Å². The van der Waals surface area contributed by atoms with Crippen LogP contribution >= 0.6 is 11.6 Å². The van der Waals surface area contributed by atoms with Crippen molar-refractivity contribution in [2.24, 2.45) is 11.7 Å². The fourth-order valence-corrected chi connectivity index (χ4v) is 2.74. The molecule has 0 aromatic heterocycles. The average molecular weight is 279 g/mol. The van der Waals surface area contributed by atoms with Crippen LogP contribution in [-0.4, -0.2) is 18.5 Å². The molecule has 1 aromatic carbocycles. The Morgan fingerprint density at radius 1 is 1.37 bits per heavy atom. The van der Waals surface area contributed by atoms with Crippen molar-refractivity contribution in [3.05, 3.63) is 34.9 Å². The highest BCUT2D eigenvalue weighted by molar-refractivity contribution is 6.30. The van der Waals surface area contributed by atoms with E-state index in [4.69, 9.17) is 17.3 Å². The molecule has 0 radical (unpaired) electrons. The molecular weight excluding hydrogens is 260 g/mol. The monoisotopic (exact) mass is 278 g/mol. The molecule has 0 heterocycles. The molecule has 0 saturated heterocycles. The molecule has 1 atom stereocenters. The van der Waals surface area contributed by atoms with Crippen molar-refractivity contribution in [2.75, 3.05) is 6.54 Å². The lowest BCUT2D eigenvalue weighted by molar-refractivity contribution is -0.123. The van der Waals surface area contributed by atoms with Gasteiger partial charge in [0.1, 0.15) is 0 Å². The smallest absolute Gasteiger partial charge is 0.230 e. The number of nitrogens with two attached hydrogens (primary N) is 1. The van der Waals surface area contributed by atoms with E-state index in [1.165, 1.54) is 12.8 Å². The van der Waals surface area contributed by atoms with E-state index in [2.05, 4.69) is 5.32 Å². The van der Waals surface area contributed by atoms with Crippen molar-refractivity contribution >= 4 is 17.5 Å². The molecule has 2 aliphatic rings. The minimum Gasteiger partial charge on any atom is -0.354 e. The first-order chi connectivity index (χ1) is 9.12. The Morgan fingerprint density at radius 3 is 2.53 bits per heavy atom. The third-order valence-corrected chi connectivity index (χ3v) is 4.56. The summed E-state index contributed by atoms with van der Waals surface area (Å²) in [6, 6.07) is 7.72. The summed E-state index contributed by atoms with van der Waals surface area (Å²) in [4.78, 5) is 12.4. The molecular formula is C15H19ClN2O. The molecule has 2 fully saturated rings. The molecule has 3 N–H and O–H groups in total. The number of hydrogen-bond donors (Lipinski definition) is 2. The van der Waals surface area contributed by atoms with Gasteiger partial charge in [-0.1, -0.05) is 23.7 Å². The van der Waals surface area contributed by atoms with E-state index in [9.17, 15) is 4.79 Å². The van der Waals surface area contributed by atoms with Crippen molar-refractivity contribution in [1.82, 2.24) is 5.32 Å². The molecule has 1 unspecified atom stereocenters. The van der Waals surface area contributed by atoms with Crippen LogP contribution in [0.5, 0.6) is 0 Å². The number of hydrogen-bond acceptors (Lipinski definition) is 2. The molecule has 102 valence electrons. The van der Waals surface area contributed by atoms with Crippen molar-refractivity contribution in [2.45, 2.75) is 37.1 Å². The second kappa shape index (κ2) is 4.80. The van der Waals surface area contributed by atoms with E-state index in [0.717, 1.165) is 18.4 Å². The molecule has 2 aliphatic carbocycles. The third kappa shape index (κ3) is 2.63. The number of rotatable bonds is 5. The van der Waals surface area contributed by atoms with E-state index in [1.807, 2.05) is 24.3 Å². The summed E-state index contributed by atoms with van der Waals surface area (Å²) in [7, 11) is 0. The van der Waals surface area contributed by atoms with E-state index in [0.29, 0.717) is 17.5 Å². The van der Waals surface area contributed by atoms with Gasteiger partial charge in [-0.3, -0.25) is 4.79 Å². The van der Waals surface area contributed by atoms with Gasteiger partial charge in [0.15, 0.2) is 0 Å². The van der Waals surface area contributed by atoms with Crippen LogP contribution in [0.25, 0.3) is 0 Å². The molecule has 1 amide bonds. The predicted octanol–water partition coefficient (Wildman–Crippen LogP) is 2.23. The average Bonchev–Trinajstić information content (AvgIpc) is 3.29. The van der Waals surface area contributed by atoms with Crippen LogP contribution in [0.2, 0.25) is 5.02 Å². The lowest BCUT2D eigenvalue weighted by Crippen LogP contribution is -2.43. The molecule has 2 saturated carbocycles. The fourth-order valence-electron chi connectivity index (χ4n) is 2.61. The Bertz CT molecular complexity index is 477. The van der Waals surface area contributed by atoms with E-state index < -0.39 is 0 Å². The lowest BCUT2D eigenvalue weighted by atomic mass is 9.95. The van der Waals surface area contributed by atoms with Gasteiger partial charge in [-0.2, -0.15) is 0 Å². The normalized spacial score (nSPS) is 21.8. The van der Waals surface area contributed by atoms with Gasteiger partial charge in [-0.05, 0) is 49.3 Å². The number of halogens is 1. The zero-order valence-corrected chi connectivity index (χ0v) is 11.6. The van der Waals surface area contributed by atoms with Gasteiger partial charge in [0.05, 0.1) is 5.41 Å². The Morgan fingerprint density at radius 2 is 2.00 bits per heavy atom. The highest BCUT2D eigenvalue weighted by atomic mass is 35.5. The SMILES string of the molecule is NC(CNC(=O)C1(c2ccc(Cl)cc2)CC1)C1CC1. The fraction of sp³-hybridized carbons (Fsp3) is 0.533. The molecule has 1 aromatic rings. The zero-order valence-electron chi connectivity index (χ0n) is 10.9. The van der Waals surface area contributed by atoms with Gasteiger partial charge in [0.2, 0.25) is 5.91 Å². The Hall–Kier alpha value is -1.06. The third-order valence-electron chi connectivity index (χ3n) is 4.31. The first-order valence-electron chi connectivity index (χ1n) is 6.92. The minimum absolute atomic E-state index is 0.116. The standard InChI is InChI=1S/C15H19ClN2O/c16-12-5-3-11(4-6-12)15(7-8-15)14(19)18-9-13(17)10-1-2-10/h3-6,10,13H,1-2,7-9,17H2,(H,18,19). The van der Waals surface area contributed by atoms with Crippen LogP contribution in [0.3, 0.4) is 0 Å². The summed E-state index contributed by atoms with van der Waals surface area (Å²) in [5, 5.41) is 3.73. The molecule has 3 rings (SSSR count). The maximum Gasteiger partial charge on any atom is 0.230 e. The number of benzene rings is 1. The van der Waals surface area contributed by atoms with Gasteiger partial charge >= 0.3 is 0 Å². The summed E-state index contributed by atoms with van der Waals surface area (Å²) in [6.07, 6.45) is 4.25. The molecule has 3 nitrogen and oxygen atoms in total. The summed E-state index contributed by atoms with van der Waals surface area (Å²) in [6.45, 7) is 0.596. The topological polar surface area (TPSA) is 55.1 Å². The minimum atomic E-state index is -0.326. The first-order valence-corrected chi connectivity index (χ1v) is 7.29. The van der Waals surface area contributed by atoms with E-state index >= 15 is 0 Å². The number of carbonyl (C=O) groups is 1. The molecule has 4 heteroatoms. The molecule has 0 spiro atoms. The Balaban J connectivity index is 1.63. The maximum absolute atomic E-state index is 12.4. The number of carbonyl (C=O) groups excluding carboxylic acids is 1. The molecule has 19 heavy (non-hydrogen) atoms. The van der Waals surface area contributed by atoms with Gasteiger partial charge in [0.25, 0.3) is 0 Å². The summed E-state index contributed by atoms with van der Waals surface area (Å²) in [5.74, 6) is 0.733. The van der Waals surface area contributed by atoms with Crippen LogP contribution in [0.4, 0.5) is 0 Å². The summed E-state index contributed by atoms with van der Waals surface area (Å²) < 4.78 is 0. The first kappa shape index (κ1) is 12.9. The number of nitrogens with one attached hydrogen (secondary N) is 1. The van der Waals surface area contributed by atoms with Crippen molar-refractivity contribution in [1.29, 1.82) is 0 Å².